The van der Waals surface area contributed by atoms with E-state index in [0.717, 1.165) is 6.54 Å². The van der Waals surface area contributed by atoms with Gasteiger partial charge in [-0.1, -0.05) is 0 Å². The van der Waals surface area contributed by atoms with Crippen LogP contribution in [0.4, 0.5) is 0 Å². The normalized spacial score (nSPS) is 23.1. The van der Waals surface area contributed by atoms with E-state index in [9.17, 15) is 0 Å². The van der Waals surface area contributed by atoms with E-state index in [0.29, 0.717) is 12.1 Å². The van der Waals surface area contributed by atoms with Crippen LogP contribution >= 0.6 is 23.7 Å². The summed E-state index contributed by atoms with van der Waals surface area (Å²) >= 11 is 1.73. The minimum atomic E-state index is 0. The molecule has 1 unspecified atom stereocenters. The molecule has 0 aliphatic carbocycles. The summed E-state index contributed by atoms with van der Waals surface area (Å²) in [5.74, 6) is 0. The summed E-state index contributed by atoms with van der Waals surface area (Å²) in [7, 11) is 0. The molecule has 1 saturated heterocycles. The van der Waals surface area contributed by atoms with Crippen molar-refractivity contribution in [1.82, 2.24) is 15.6 Å². The summed E-state index contributed by atoms with van der Waals surface area (Å²) in [5, 5.41) is 10.2. The minimum Gasteiger partial charge on any atom is -0.315 e. The second-order valence-corrected chi connectivity index (χ2v) is 4.73. The van der Waals surface area contributed by atoms with Crippen LogP contribution in [0.2, 0.25) is 0 Å². The van der Waals surface area contributed by atoms with Gasteiger partial charge in [0.05, 0.1) is 6.04 Å². The van der Waals surface area contributed by atoms with E-state index < -0.39 is 0 Å². The van der Waals surface area contributed by atoms with Gasteiger partial charge in [0.2, 0.25) is 0 Å². The van der Waals surface area contributed by atoms with E-state index in [1.54, 1.807) is 11.3 Å². The topological polar surface area (TPSA) is 37.0 Å². The molecule has 5 heteroatoms. The van der Waals surface area contributed by atoms with E-state index >= 15 is 0 Å². The molecule has 1 aliphatic rings. The van der Waals surface area contributed by atoms with Crippen LogP contribution in [0, 0.1) is 0 Å². The van der Waals surface area contributed by atoms with E-state index in [1.807, 2.05) is 11.6 Å². The first-order valence-corrected chi connectivity index (χ1v) is 6.10. The highest BCUT2D eigenvalue weighted by molar-refractivity contribution is 7.09. The van der Waals surface area contributed by atoms with Crippen molar-refractivity contribution in [2.75, 3.05) is 13.1 Å². The molecule has 2 atom stereocenters. The number of hydrogen-bond donors (Lipinski definition) is 2. The lowest BCUT2D eigenvalue weighted by Crippen LogP contribution is -2.43. The van der Waals surface area contributed by atoms with Crippen LogP contribution in [0.5, 0.6) is 0 Å². The van der Waals surface area contributed by atoms with Crippen molar-refractivity contribution in [3.8, 4) is 0 Å². The second kappa shape index (κ2) is 6.43. The SMILES string of the molecule is CC(N[C@@H]1CCCNC1)c1nccs1.Cl. The molecule has 0 saturated carbocycles. The smallest absolute Gasteiger partial charge is 0.109 e. The molecule has 2 N–H and O–H groups in total. The van der Waals surface area contributed by atoms with Crippen LogP contribution in [0.3, 0.4) is 0 Å². The van der Waals surface area contributed by atoms with Gasteiger partial charge >= 0.3 is 0 Å². The van der Waals surface area contributed by atoms with Gasteiger partial charge in [0.25, 0.3) is 0 Å². The maximum absolute atomic E-state index is 4.32. The van der Waals surface area contributed by atoms with Crippen molar-refractivity contribution in [3.05, 3.63) is 16.6 Å². The maximum Gasteiger partial charge on any atom is 0.109 e. The molecule has 1 fully saturated rings. The Labute approximate surface area is 101 Å². The highest BCUT2D eigenvalue weighted by Crippen LogP contribution is 2.16. The average Bonchev–Trinajstić information content (AvgIpc) is 2.72. The molecule has 0 spiro atoms. The van der Waals surface area contributed by atoms with Gasteiger partial charge in [-0.15, -0.1) is 23.7 Å². The van der Waals surface area contributed by atoms with Gasteiger partial charge in [0.15, 0.2) is 0 Å². The first kappa shape index (κ1) is 12.9. The molecule has 0 bridgehead atoms. The molecule has 2 heterocycles. The fourth-order valence-corrected chi connectivity index (χ4v) is 2.52. The molecule has 15 heavy (non-hydrogen) atoms. The van der Waals surface area contributed by atoms with Gasteiger partial charge in [-0.05, 0) is 26.3 Å². The Morgan fingerprint density at radius 1 is 1.67 bits per heavy atom. The van der Waals surface area contributed by atoms with Gasteiger partial charge in [0.1, 0.15) is 5.01 Å². The first-order valence-electron chi connectivity index (χ1n) is 5.22. The summed E-state index contributed by atoms with van der Waals surface area (Å²) < 4.78 is 0. The summed E-state index contributed by atoms with van der Waals surface area (Å²) in [6, 6.07) is 1.00. The molecule has 2 rings (SSSR count). The Kier molecular flexibility index (Phi) is 5.53. The number of nitrogens with one attached hydrogen (secondary N) is 2. The predicted octanol–water partition coefficient (Wildman–Crippen LogP) is 1.97. The first-order chi connectivity index (χ1) is 6.86. The lowest BCUT2D eigenvalue weighted by atomic mass is 10.1. The van der Waals surface area contributed by atoms with Gasteiger partial charge in [0, 0.05) is 24.2 Å². The third kappa shape index (κ3) is 3.72. The quantitative estimate of drug-likeness (QED) is 0.858. The zero-order valence-electron chi connectivity index (χ0n) is 8.90. The van der Waals surface area contributed by atoms with Crippen LogP contribution in [-0.2, 0) is 0 Å². The largest absolute Gasteiger partial charge is 0.315 e. The summed E-state index contributed by atoms with van der Waals surface area (Å²) in [5.41, 5.74) is 0. The Bertz CT molecular complexity index is 260. The van der Waals surface area contributed by atoms with E-state index in [1.165, 1.54) is 24.4 Å². The van der Waals surface area contributed by atoms with E-state index in [4.69, 9.17) is 0 Å². The molecule has 1 aliphatic heterocycles. The fraction of sp³-hybridized carbons (Fsp3) is 0.700. The molecule has 3 nitrogen and oxygen atoms in total. The van der Waals surface area contributed by atoms with Gasteiger partial charge < -0.3 is 10.6 Å². The minimum absolute atomic E-state index is 0. The monoisotopic (exact) mass is 247 g/mol. The number of hydrogen-bond acceptors (Lipinski definition) is 4. The Morgan fingerprint density at radius 2 is 2.53 bits per heavy atom. The second-order valence-electron chi connectivity index (χ2n) is 3.80. The van der Waals surface area contributed by atoms with Crippen LogP contribution < -0.4 is 10.6 Å². The van der Waals surface area contributed by atoms with Crippen molar-refractivity contribution >= 4 is 23.7 Å². The van der Waals surface area contributed by atoms with Crippen molar-refractivity contribution in [2.24, 2.45) is 0 Å². The number of piperidine rings is 1. The summed E-state index contributed by atoms with van der Waals surface area (Å²) in [6.07, 6.45) is 4.43. The van der Waals surface area contributed by atoms with E-state index in [-0.39, 0.29) is 12.4 Å². The molecule has 1 aromatic heterocycles. The third-order valence-corrected chi connectivity index (χ3v) is 3.56. The molecular weight excluding hydrogens is 230 g/mol. The number of aromatic nitrogens is 1. The molecule has 0 radical (unpaired) electrons. The highest BCUT2D eigenvalue weighted by atomic mass is 35.5. The molecule has 1 aromatic rings. The number of rotatable bonds is 3. The van der Waals surface area contributed by atoms with Gasteiger partial charge in [-0.2, -0.15) is 0 Å². The predicted molar refractivity (Wildman–Crippen MR) is 66.8 cm³/mol. The number of nitrogens with zero attached hydrogens (tertiary/aromatic N) is 1. The van der Waals surface area contributed by atoms with Crippen LogP contribution in [0.15, 0.2) is 11.6 Å². The molecule has 0 amide bonds. The summed E-state index contributed by atoms with van der Waals surface area (Å²) in [4.78, 5) is 4.32. The third-order valence-electron chi connectivity index (χ3n) is 2.60. The van der Waals surface area contributed by atoms with Gasteiger partial charge in [-0.3, -0.25) is 0 Å². The number of thiazole rings is 1. The Balaban J connectivity index is 0.00000112. The zero-order valence-corrected chi connectivity index (χ0v) is 10.5. The van der Waals surface area contributed by atoms with Crippen LogP contribution in [0.1, 0.15) is 30.8 Å². The average molecular weight is 248 g/mol. The van der Waals surface area contributed by atoms with Crippen molar-refractivity contribution < 1.29 is 0 Å². The van der Waals surface area contributed by atoms with Crippen molar-refractivity contribution in [3.63, 3.8) is 0 Å². The van der Waals surface area contributed by atoms with Crippen LogP contribution in [0.25, 0.3) is 0 Å². The Morgan fingerprint density at radius 3 is 3.13 bits per heavy atom. The summed E-state index contributed by atoms with van der Waals surface area (Å²) in [6.45, 7) is 4.45. The zero-order chi connectivity index (χ0) is 9.80. The van der Waals surface area contributed by atoms with Crippen molar-refractivity contribution in [1.29, 1.82) is 0 Å². The standard InChI is InChI=1S/C10H17N3S.ClH/c1-8(10-12-5-6-14-10)13-9-3-2-4-11-7-9;/h5-6,8-9,11,13H,2-4,7H2,1H3;1H/t8?,9-;/m1./s1. The van der Waals surface area contributed by atoms with Crippen molar-refractivity contribution in [2.45, 2.75) is 31.8 Å². The lowest BCUT2D eigenvalue weighted by Gasteiger charge is -2.26. The van der Waals surface area contributed by atoms with E-state index in [2.05, 4.69) is 22.5 Å². The van der Waals surface area contributed by atoms with Crippen LogP contribution in [-0.4, -0.2) is 24.1 Å². The molecular formula is C10H18ClN3S. The lowest BCUT2D eigenvalue weighted by molar-refractivity contribution is 0.361. The fourth-order valence-electron chi connectivity index (χ4n) is 1.87. The highest BCUT2D eigenvalue weighted by Gasteiger charge is 2.16. The maximum atomic E-state index is 4.32. The number of halogens is 1. The molecule has 86 valence electrons. The van der Waals surface area contributed by atoms with Gasteiger partial charge in [-0.25, -0.2) is 4.98 Å². The Hall–Kier alpha value is -0.160. The molecule has 0 aromatic carbocycles.